The van der Waals surface area contributed by atoms with Crippen LogP contribution in [-0.4, -0.2) is 58.5 Å². The molecule has 3 amide bonds. The Morgan fingerprint density at radius 1 is 1.00 bits per heavy atom. The van der Waals surface area contributed by atoms with Gasteiger partial charge in [0.15, 0.2) is 0 Å². The number of carbonyl (C=O) groups is 3. The van der Waals surface area contributed by atoms with Gasteiger partial charge in [-0.1, -0.05) is 43.7 Å². The molecule has 0 aromatic heterocycles. The minimum atomic E-state index is -0.825. The van der Waals surface area contributed by atoms with Crippen molar-refractivity contribution in [3.05, 3.63) is 35.4 Å². The van der Waals surface area contributed by atoms with Crippen molar-refractivity contribution in [3.63, 3.8) is 0 Å². The summed E-state index contributed by atoms with van der Waals surface area (Å²) >= 11 is 1.60. The normalized spacial score (nSPS) is 14.2. The maximum Gasteiger partial charge on any atom is 0.408 e. The van der Waals surface area contributed by atoms with E-state index in [1.165, 1.54) is 0 Å². The molecule has 2 N–H and O–H groups in total. The smallest absolute Gasteiger partial charge is 0.408 e. The van der Waals surface area contributed by atoms with E-state index < -0.39 is 23.8 Å². The van der Waals surface area contributed by atoms with E-state index in [-0.39, 0.29) is 23.9 Å². The zero-order valence-electron chi connectivity index (χ0n) is 24.5. The van der Waals surface area contributed by atoms with Crippen molar-refractivity contribution < 1.29 is 19.1 Å². The highest BCUT2D eigenvalue weighted by Crippen LogP contribution is 2.29. The van der Waals surface area contributed by atoms with Crippen LogP contribution < -0.4 is 10.6 Å². The summed E-state index contributed by atoms with van der Waals surface area (Å²) in [5, 5.41) is 5.83. The number of aryl methyl sites for hydroxylation is 1. The lowest BCUT2D eigenvalue weighted by Crippen LogP contribution is -2.56. The molecule has 3 unspecified atom stereocenters. The Balaban J connectivity index is 3.58. The molecule has 8 heteroatoms. The highest BCUT2D eigenvalue weighted by Gasteiger charge is 2.39. The molecule has 0 spiro atoms. The fraction of sp³-hybridized carbons (Fsp3) is 0.690. The van der Waals surface area contributed by atoms with Crippen molar-refractivity contribution in [3.8, 4) is 0 Å². The zero-order valence-corrected chi connectivity index (χ0v) is 25.3. The summed E-state index contributed by atoms with van der Waals surface area (Å²) in [6.07, 6.45) is 3.40. The average Bonchev–Trinajstić information content (AvgIpc) is 2.76. The second-order valence-corrected chi connectivity index (χ2v) is 12.5. The predicted octanol–water partition coefficient (Wildman–Crippen LogP) is 5.86. The number of benzene rings is 1. The third kappa shape index (κ3) is 11.8. The number of hydrogen-bond donors (Lipinski definition) is 2. The van der Waals surface area contributed by atoms with Crippen LogP contribution in [0.4, 0.5) is 4.79 Å². The van der Waals surface area contributed by atoms with E-state index in [9.17, 15) is 14.4 Å². The van der Waals surface area contributed by atoms with E-state index in [4.69, 9.17) is 4.74 Å². The van der Waals surface area contributed by atoms with Gasteiger partial charge in [0.2, 0.25) is 11.8 Å². The first kappa shape index (κ1) is 32.8. The summed E-state index contributed by atoms with van der Waals surface area (Å²) in [5.74, 6) is 0.620. The first-order valence-corrected chi connectivity index (χ1v) is 14.7. The molecule has 0 heterocycles. The van der Waals surface area contributed by atoms with Crippen LogP contribution in [0.25, 0.3) is 0 Å². The molecule has 0 aliphatic carbocycles. The second-order valence-electron chi connectivity index (χ2n) is 11.5. The minimum absolute atomic E-state index is 0.0880. The van der Waals surface area contributed by atoms with Crippen LogP contribution >= 0.6 is 11.8 Å². The highest BCUT2D eigenvalue weighted by molar-refractivity contribution is 7.98. The number of nitrogens with zero attached hydrogens (tertiary/aromatic N) is 1. The lowest BCUT2D eigenvalue weighted by Gasteiger charge is -2.39. The van der Waals surface area contributed by atoms with Gasteiger partial charge in [-0.25, -0.2) is 4.79 Å². The van der Waals surface area contributed by atoms with E-state index in [0.717, 1.165) is 24.0 Å². The van der Waals surface area contributed by atoms with E-state index in [0.29, 0.717) is 18.1 Å². The Morgan fingerprint density at radius 3 is 2.16 bits per heavy atom. The lowest BCUT2D eigenvalue weighted by molar-refractivity contribution is -0.145. The molecule has 0 radical (unpaired) electrons. The van der Waals surface area contributed by atoms with Gasteiger partial charge in [-0.05, 0) is 91.2 Å². The third-order valence-electron chi connectivity index (χ3n) is 5.81. The summed E-state index contributed by atoms with van der Waals surface area (Å²) in [6, 6.07) is 5.78. The number of carbonyl (C=O) groups excluding carboxylic acids is 3. The fourth-order valence-electron chi connectivity index (χ4n) is 4.08. The van der Waals surface area contributed by atoms with E-state index in [1.807, 2.05) is 58.2 Å². The van der Waals surface area contributed by atoms with Crippen molar-refractivity contribution in [2.75, 3.05) is 12.0 Å². The van der Waals surface area contributed by atoms with Crippen molar-refractivity contribution in [2.45, 2.75) is 111 Å². The Bertz CT molecular complexity index is 882. The largest absolute Gasteiger partial charge is 0.444 e. The zero-order chi connectivity index (χ0) is 28.3. The molecule has 0 saturated heterocycles. The molecule has 3 atom stereocenters. The summed E-state index contributed by atoms with van der Waals surface area (Å²) in [6.45, 7) is 17.4. The highest BCUT2D eigenvalue weighted by atomic mass is 32.2. The maximum atomic E-state index is 14.3. The fourth-order valence-corrected chi connectivity index (χ4v) is 4.55. The number of nitrogens with one attached hydrogen (secondary N) is 2. The SMILES string of the molecule is CSCCC(NC(=O)OC(C)(C)C)C(=O)N(C(C)CCC(C)C)C(C(=O)NC(C)C)c1cccc(C)c1. The van der Waals surface area contributed by atoms with Gasteiger partial charge in [-0.15, -0.1) is 0 Å². The standard InChI is InChI=1S/C29H49N3O4S/c1-19(2)14-15-22(6)32(25(26(33)30-20(3)4)23-13-11-12-21(5)18-23)27(34)24(16-17-37-10)31-28(35)36-29(7,8)9/h11-13,18-20,22,24-25H,14-17H2,1-10H3,(H,30,33)(H,31,35). The Morgan fingerprint density at radius 2 is 1.65 bits per heavy atom. The molecule has 1 aromatic carbocycles. The molecule has 1 aromatic rings. The monoisotopic (exact) mass is 535 g/mol. The first-order valence-electron chi connectivity index (χ1n) is 13.3. The Hall–Kier alpha value is -2.22. The average molecular weight is 536 g/mol. The van der Waals surface area contributed by atoms with Gasteiger partial charge < -0.3 is 20.3 Å². The van der Waals surface area contributed by atoms with Crippen LogP contribution in [0.1, 0.15) is 91.8 Å². The molecule has 7 nitrogen and oxygen atoms in total. The summed E-state index contributed by atoms with van der Waals surface area (Å²) in [5.41, 5.74) is 1.07. The van der Waals surface area contributed by atoms with Gasteiger partial charge in [0.25, 0.3) is 0 Å². The van der Waals surface area contributed by atoms with Gasteiger partial charge in [-0.2, -0.15) is 11.8 Å². The van der Waals surface area contributed by atoms with Crippen LogP contribution in [0, 0.1) is 12.8 Å². The van der Waals surface area contributed by atoms with E-state index in [1.54, 1.807) is 37.4 Å². The lowest BCUT2D eigenvalue weighted by atomic mass is 9.96. The molecule has 0 aliphatic heterocycles. The van der Waals surface area contributed by atoms with E-state index in [2.05, 4.69) is 24.5 Å². The predicted molar refractivity (Wildman–Crippen MR) is 154 cm³/mol. The van der Waals surface area contributed by atoms with Gasteiger partial charge >= 0.3 is 6.09 Å². The molecule has 0 bridgehead atoms. The van der Waals surface area contributed by atoms with Crippen LogP contribution in [0.5, 0.6) is 0 Å². The number of ether oxygens (including phenoxy) is 1. The summed E-state index contributed by atoms with van der Waals surface area (Å²) < 4.78 is 5.47. The molecular formula is C29H49N3O4S. The van der Waals surface area contributed by atoms with Crippen LogP contribution in [0.15, 0.2) is 24.3 Å². The summed E-state index contributed by atoms with van der Waals surface area (Å²) in [4.78, 5) is 42.4. The molecule has 0 aliphatic rings. The molecule has 0 saturated carbocycles. The molecule has 0 fully saturated rings. The Kier molecular flexibility index (Phi) is 13.5. The van der Waals surface area contributed by atoms with Crippen molar-refractivity contribution in [1.29, 1.82) is 0 Å². The number of alkyl carbamates (subject to hydrolysis) is 1. The van der Waals surface area contributed by atoms with Gasteiger partial charge in [-0.3, -0.25) is 9.59 Å². The molecule has 1 rings (SSSR count). The summed E-state index contributed by atoms with van der Waals surface area (Å²) in [7, 11) is 0. The van der Waals surface area contributed by atoms with Crippen LogP contribution in [-0.2, 0) is 14.3 Å². The van der Waals surface area contributed by atoms with Crippen molar-refractivity contribution in [1.82, 2.24) is 15.5 Å². The minimum Gasteiger partial charge on any atom is -0.444 e. The van der Waals surface area contributed by atoms with Gasteiger partial charge in [0.1, 0.15) is 17.7 Å². The number of hydrogen-bond acceptors (Lipinski definition) is 5. The van der Waals surface area contributed by atoms with Gasteiger partial charge in [0, 0.05) is 12.1 Å². The van der Waals surface area contributed by atoms with Crippen LogP contribution in [0.2, 0.25) is 0 Å². The number of rotatable bonds is 13. The topological polar surface area (TPSA) is 87.7 Å². The van der Waals surface area contributed by atoms with Crippen LogP contribution in [0.3, 0.4) is 0 Å². The van der Waals surface area contributed by atoms with Crippen molar-refractivity contribution >= 4 is 29.7 Å². The molecule has 210 valence electrons. The van der Waals surface area contributed by atoms with E-state index >= 15 is 0 Å². The first-order chi connectivity index (χ1) is 17.2. The third-order valence-corrected chi connectivity index (χ3v) is 6.45. The van der Waals surface area contributed by atoms with Crippen molar-refractivity contribution in [2.24, 2.45) is 5.92 Å². The molecule has 37 heavy (non-hydrogen) atoms. The number of amides is 3. The van der Waals surface area contributed by atoms with Gasteiger partial charge in [0.05, 0.1) is 0 Å². The molecular weight excluding hydrogens is 486 g/mol. The maximum absolute atomic E-state index is 14.3. The number of thioether (sulfide) groups is 1. The second kappa shape index (κ2) is 15.3. The quantitative estimate of drug-likeness (QED) is 0.330. The Labute approximate surface area is 228 Å².